The Bertz CT molecular complexity index is 771. The first-order valence-electron chi connectivity index (χ1n) is 7.37. The van der Waals surface area contributed by atoms with E-state index in [-0.39, 0.29) is 5.46 Å². The molecule has 0 unspecified atom stereocenters. The fraction of sp³-hybridized carbons (Fsp3) is 0.467. The molecule has 130 valence electrons. The molecule has 1 amide bonds. The molecule has 6 nitrogen and oxygen atoms in total. The van der Waals surface area contributed by atoms with Crippen molar-refractivity contribution in [3.8, 4) is 0 Å². The second kappa shape index (κ2) is 6.52. The second-order valence-electron chi connectivity index (χ2n) is 6.99. The van der Waals surface area contributed by atoms with Crippen molar-refractivity contribution in [2.24, 2.45) is 0 Å². The molecule has 3 N–H and O–H groups in total. The number of alkyl carbamates (subject to hydrolysis) is 1. The lowest BCUT2D eigenvalue weighted by Gasteiger charge is -2.27. The van der Waals surface area contributed by atoms with Crippen molar-refractivity contribution in [1.82, 2.24) is 10.3 Å². The monoisotopic (exact) mass is 370 g/mol. The third-order valence-corrected chi connectivity index (χ3v) is 4.66. The number of hydrogen-bond donors (Lipinski definition) is 3. The lowest BCUT2D eigenvalue weighted by molar-refractivity contribution is 0.0470. The molecule has 1 aromatic heterocycles. The van der Waals surface area contributed by atoms with E-state index in [9.17, 15) is 14.8 Å². The predicted molar refractivity (Wildman–Crippen MR) is 96.9 cm³/mol. The minimum Gasteiger partial charge on any atom is -0.444 e. The van der Waals surface area contributed by atoms with Gasteiger partial charge in [0.15, 0.2) is 0 Å². The second-order valence-corrected chi connectivity index (χ2v) is 8.45. The van der Waals surface area contributed by atoms with Crippen LogP contribution in [0.5, 0.6) is 0 Å². The van der Waals surface area contributed by atoms with Gasteiger partial charge < -0.3 is 20.1 Å². The van der Waals surface area contributed by atoms with Crippen molar-refractivity contribution in [3.05, 3.63) is 22.2 Å². The molecule has 1 aromatic carbocycles. The van der Waals surface area contributed by atoms with Gasteiger partial charge >= 0.3 is 13.2 Å². The Morgan fingerprint density at radius 1 is 1.29 bits per heavy atom. The number of halogens is 1. The quantitative estimate of drug-likeness (QED) is 0.722. The Morgan fingerprint density at radius 3 is 2.46 bits per heavy atom. The molecule has 0 saturated carbocycles. The van der Waals surface area contributed by atoms with E-state index >= 15 is 0 Å². The van der Waals surface area contributed by atoms with E-state index in [2.05, 4.69) is 10.3 Å². The van der Waals surface area contributed by atoms with Crippen LogP contribution in [0.2, 0.25) is 5.02 Å². The number of nitrogens with zero attached hydrogens (tertiary/aromatic N) is 1. The van der Waals surface area contributed by atoms with Crippen LogP contribution in [0.15, 0.2) is 12.1 Å². The average Bonchev–Trinajstić information content (AvgIpc) is 2.78. The molecule has 0 radical (unpaired) electrons. The van der Waals surface area contributed by atoms with Crippen molar-refractivity contribution in [1.29, 1.82) is 0 Å². The standard InChI is InChI=1S/C15H20BClN2O4S/c1-14(2,3)23-13(20)19-15(4,5)12-18-11-9(16(21)22)6-8(17)7-10(11)24-12/h6-7,21-22H,1-5H3,(H,19,20). The smallest absolute Gasteiger partial charge is 0.444 e. The van der Waals surface area contributed by atoms with Gasteiger partial charge in [-0.05, 0) is 46.8 Å². The summed E-state index contributed by atoms with van der Waals surface area (Å²) >= 11 is 7.34. The molecule has 2 rings (SSSR count). The molecule has 0 saturated heterocycles. The zero-order valence-corrected chi connectivity index (χ0v) is 15.7. The first kappa shape index (κ1) is 19.0. The van der Waals surface area contributed by atoms with Crippen molar-refractivity contribution < 1.29 is 19.6 Å². The maximum atomic E-state index is 12.0. The highest BCUT2D eigenvalue weighted by molar-refractivity contribution is 7.19. The summed E-state index contributed by atoms with van der Waals surface area (Å²) in [5.41, 5.74) is -0.715. The number of hydrogen-bond acceptors (Lipinski definition) is 6. The van der Waals surface area contributed by atoms with Crippen LogP contribution in [0.4, 0.5) is 4.79 Å². The summed E-state index contributed by atoms with van der Waals surface area (Å²) in [5, 5.41) is 22.8. The number of amides is 1. The zero-order valence-electron chi connectivity index (χ0n) is 14.2. The third kappa shape index (κ3) is 4.39. The Hall–Kier alpha value is -1.35. The lowest BCUT2D eigenvalue weighted by Crippen LogP contribution is -2.43. The largest absolute Gasteiger partial charge is 0.490 e. The number of aromatic nitrogens is 1. The van der Waals surface area contributed by atoms with E-state index in [1.807, 2.05) is 0 Å². The van der Waals surface area contributed by atoms with Crippen LogP contribution in [0.1, 0.15) is 39.6 Å². The van der Waals surface area contributed by atoms with E-state index in [0.29, 0.717) is 20.2 Å². The van der Waals surface area contributed by atoms with Gasteiger partial charge in [0.05, 0.1) is 15.8 Å². The van der Waals surface area contributed by atoms with Crippen LogP contribution >= 0.6 is 22.9 Å². The summed E-state index contributed by atoms with van der Waals surface area (Å²) in [6.45, 7) is 8.95. The number of carbonyl (C=O) groups excluding carboxylic acids is 1. The first-order valence-corrected chi connectivity index (χ1v) is 8.56. The molecule has 9 heteroatoms. The number of ether oxygens (including phenoxy) is 1. The molecule has 0 aliphatic carbocycles. The van der Waals surface area contributed by atoms with Crippen LogP contribution in [-0.4, -0.2) is 33.8 Å². The highest BCUT2D eigenvalue weighted by Gasteiger charge is 2.30. The Kier molecular flexibility index (Phi) is 5.15. The first-order chi connectivity index (χ1) is 10.9. The number of fused-ring (bicyclic) bond motifs is 1. The van der Waals surface area contributed by atoms with Crippen LogP contribution in [0.3, 0.4) is 0 Å². The van der Waals surface area contributed by atoms with Crippen molar-refractivity contribution >= 4 is 51.8 Å². The fourth-order valence-electron chi connectivity index (χ4n) is 2.10. The normalized spacial score (nSPS) is 12.3. The SMILES string of the molecule is CC(C)(C)OC(=O)NC(C)(C)c1nc2c(B(O)O)cc(Cl)cc2s1. The summed E-state index contributed by atoms with van der Waals surface area (Å²) < 4.78 is 5.98. The van der Waals surface area contributed by atoms with E-state index in [1.54, 1.807) is 40.7 Å². The molecule has 2 aromatic rings. The molecule has 24 heavy (non-hydrogen) atoms. The van der Waals surface area contributed by atoms with Gasteiger partial charge in [0.25, 0.3) is 0 Å². The number of carbonyl (C=O) groups is 1. The third-order valence-electron chi connectivity index (χ3n) is 3.12. The molecule has 0 spiro atoms. The minimum atomic E-state index is -1.68. The minimum absolute atomic E-state index is 0.230. The number of benzene rings is 1. The number of rotatable bonds is 3. The van der Waals surface area contributed by atoms with Crippen LogP contribution in [0, 0.1) is 0 Å². The predicted octanol–water partition coefficient (Wildman–Crippen LogP) is 2.39. The Balaban J connectivity index is 2.37. The summed E-state index contributed by atoms with van der Waals surface area (Å²) in [4.78, 5) is 16.5. The molecule has 0 atom stereocenters. The number of thiazole rings is 1. The topological polar surface area (TPSA) is 91.7 Å². The summed E-state index contributed by atoms with van der Waals surface area (Å²) in [6.07, 6.45) is -0.549. The fourth-order valence-corrected chi connectivity index (χ4v) is 3.49. The maximum absolute atomic E-state index is 12.0. The van der Waals surface area contributed by atoms with Crippen molar-refractivity contribution in [2.75, 3.05) is 0 Å². The molecule has 0 aliphatic heterocycles. The molecule has 0 aliphatic rings. The zero-order chi connectivity index (χ0) is 18.3. The van der Waals surface area contributed by atoms with Gasteiger partial charge in [0.1, 0.15) is 10.6 Å². The number of nitrogens with one attached hydrogen (secondary N) is 1. The Morgan fingerprint density at radius 2 is 1.92 bits per heavy atom. The summed E-state index contributed by atoms with van der Waals surface area (Å²) in [7, 11) is -1.68. The summed E-state index contributed by atoms with van der Waals surface area (Å²) in [5.74, 6) is 0. The molecular formula is C15H20BClN2O4S. The van der Waals surface area contributed by atoms with E-state index < -0.39 is 24.4 Å². The van der Waals surface area contributed by atoms with E-state index in [1.165, 1.54) is 17.4 Å². The van der Waals surface area contributed by atoms with Gasteiger partial charge in [-0.3, -0.25) is 0 Å². The molecule has 0 fully saturated rings. The van der Waals surface area contributed by atoms with Crippen LogP contribution in [-0.2, 0) is 10.3 Å². The summed E-state index contributed by atoms with van der Waals surface area (Å²) in [6, 6.07) is 3.17. The van der Waals surface area contributed by atoms with Crippen molar-refractivity contribution in [3.63, 3.8) is 0 Å². The van der Waals surface area contributed by atoms with Gasteiger partial charge in [0.2, 0.25) is 0 Å². The van der Waals surface area contributed by atoms with Crippen molar-refractivity contribution in [2.45, 2.75) is 45.8 Å². The highest BCUT2D eigenvalue weighted by Crippen LogP contribution is 2.31. The maximum Gasteiger partial charge on any atom is 0.490 e. The van der Waals surface area contributed by atoms with Crippen LogP contribution < -0.4 is 10.8 Å². The van der Waals surface area contributed by atoms with Gasteiger partial charge in [-0.15, -0.1) is 11.3 Å². The van der Waals surface area contributed by atoms with Gasteiger partial charge in [-0.2, -0.15) is 0 Å². The molecule has 1 heterocycles. The van der Waals surface area contributed by atoms with E-state index in [0.717, 1.165) is 0 Å². The van der Waals surface area contributed by atoms with Gasteiger partial charge in [-0.25, -0.2) is 9.78 Å². The van der Waals surface area contributed by atoms with Crippen LogP contribution in [0.25, 0.3) is 10.2 Å². The lowest BCUT2D eigenvalue weighted by atomic mass is 9.79. The van der Waals surface area contributed by atoms with Gasteiger partial charge in [-0.1, -0.05) is 11.6 Å². The Labute approximate surface area is 150 Å². The average molecular weight is 371 g/mol. The van der Waals surface area contributed by atoms with Gasteiger partial charge in [0, 0.05) is 10.5 Å². The molecule has 0 bridgehead atoms. The van der Waals surface area contributed by atoms with E-state index in [4.69, 9.17) is 16.3 Å². The highest BCUT2D eigenvalue weighted by atomic mass is 35.5. The molecular weight excluding hydrogens is 351 g/mol.